The molecule has 2 unspecified atom stereocenters. The van der Waals surface area contributed by atoms with E-state index < -0.39 is 21.7 Å². The van der Waals surface area contributed by atoms with Gasteiger partial charge in [0.05, 0.1) is 11.7 Å². The van der Waals surface area contributed by atoms with E-state index in [-0.39, 0.29) is 29.9 Å². The summed E-state index contributed by atoms with van der Waals surface area (Å²) in [6, 6.07) is 0. The lowest BCUT2D eigenvalue weighted by Gasteiger charge is -2.10. The number of amides is 1. The number of hydrogen-bond donors (Lipinski definition) is 2. The third-order valence-corrected chi connectivity index (χ3v) is 5.01. The number of carboxylic acid groups (broad SMARTS) is 1. The van der Waals surface area contributed by atoms with Gasteiger partial charge in [-0.15, -0.1) is 0 Å². The first-order valence-electron chi connectivity index (χ1n) is 6.06. The van der Waals surface area contributed by atoms with Crippen LogP contribution in [0.4, 0.5) is 0 Å². The Bertz CT molecular complexity index is 417. The fraction of sp³-hybridized carbons (Fsp3) is 0.818. The van der Waals surface area contributed by atoms with Crippen LogP contribution in [0.15, 0.2) is 0 Å². The molecular weight excluding hydrogens is 258 g/mol. The second-order valence-electron chi connectivity index (χ2n) is 4.57. The van der Waals surface area contributed by atoms with Gasteiger partial charge in [-0.3, -0.25) is 9.59 Å². The number of nitrogens with one attached hydrogen (secondary N) is 1. The summed E-state index contributed by atoms with van der Waals surface area (Å²) in [6.07, 6.45) is 1.42. The van der Waals surface area contributed by atoms with Crippen LogP contribution in [0.1, 0.15) is 26.2 Å². The van der Waals surface area contributed by atoms with Gasteiger partial charge in [0.25, 0.3) is 0 Å². The summed E-state index contributed by atoms with van der Waals surface area (Å²) in [5.74, 6) is -1.84. The molecule has 0 aromatic rings. The Morgan fingerprint density at radius 2 is 1.89 bits per heavy atom. The normalized spacial score (nSPS) is 23.8. The van der Waals surface area contributed by atoms with Crippen molar-refractivity contribution in [1.29, 1.82) is 0 Å². The summed E-state index contributed by atoms with van der Waals surface area (Å²) >= 11 is 0. The Hall–Kier alpha value is -1.11. The Morgan fingerprint density at radius 3 is 2.39 bits per heavy atom. The number of sulfone groups is 1. The van der Waals surface area contributed by atoms with Crippen LogP contribution in [-0.4, -0.2) is 43.5 Å². The lowest BCUT2D eigenvalue weighted by Crippen LogP contribution is -2.33. The van der Waals surface area contributed by atoms with E-state index in [2.05, 4.69) is 5.32 Å². The van der Waals surface area contributed by atoms with Crippen LogP contribution in [0.5, 0.6) is 0 Å². The summed E-state index contributed by atoms with van der Waals surface area (Å²) in [5.41, 5.74) is 0. The van der Waals surface area contributed by atoms with Gasteiger partial charge in [-0.05, 0) is 19.3 Å². The summed E-state index contributed by atoms with van der Waals surface area (Å²) in [6.45, 7) is 1.66. The molecule has 0 saturated heterocycles. The van der Waals surface area contributed by atoms with Crippen molar-refractivity contribution in [3.63, 3.8) is 0 Å². The molecule has 104 valence electrons. The van der Waals surface area contributed by atoms with Crippen LogP contribution in [0.3, 0.4) is 0 Å². The summed E-state index contributed by atoms with van der Waals surface area (Å²) in [5, 5.41) is 11.4. The zero-order valence-corrected chi connectivity index (χ0v) is 11.2. The minimum Gasteiger partial charge on any atom is -0.481 e. The zero-order valence-electron chi connectivity index (χ0n) is 10.4. The average Bonchev–Trinajstić information content (AvgIpc) is 2.78. The van der Waals surface area contributed by atoms with Crippen LogP contribution in [-0.2, 0) is 19.4 Å². The minimum absolute atomic E-state index is 0.0629. The lowest BCUT2D eigenvalue weighted by molar-refractivity contribution is -0.141. The molecule has 1 amide bonds. The fourth-order valence-electron chi connectivity index (χ4n) is 2.06. The number of carbonyl (C=O) groups is 2. The number of carboxylic acids is 1. The molecule has 7 heteroatoms. The van der Waals surface area contributed by atoms with Gasteiger partial charge in [-0.1, -0.05) is 6.92 Å². The molecule has 18 heavy (non-hydrogen) atoms. The Labute approximate surface area is 107 Å². The molecule has 0 spiro atoms. The van der Waals surface area contributed by atoms with Crippen LogP contribution in [0.2, 0.25) is 0 Å². The smallest absolute Gasteiger partial charge is 0.306 e. The van der Waals surface area contributed by atoms with Crippen molar-refractivity contribution < 1.29 is 23.1 Å². The maximum Gasteiger partial charge on any atom is 0.306 e. The summed E-state index contributed by atoms with van der Waals surface area (Å²) in [4.78, 5) is 22.4. The highest BCUT2D eigenvalue weighted by molar-refractivity contribution is 7.91. The Kier molecular flexibility index (Phi) is 5.13. The maximum absolute atomic E-state index is 11.7. The number of carbonyl (C=O) groups excluding carboxylic acids is 1. The molecule has 1 aliphatic rings. The average molecular weight is 277 g/mol. The maximum atomic E-state index is 11.7. The molecule has 2 atom stereocenters. The molecule has 2 N–H and O–H groups in total. The van der Waals surface area contributed by atoms with Gasteiger partial charge in [0.15, 0.2) is 9.84 Å². The highest BCUT2D eigenvalue weighted by Gasteiger charge is 2.33. The van der Waals surface area contributed by atoms with Crippen molar-refractivity contribution in [2.24, 2.45) is 11.8 Å². The predicted molar refractivity (Wildman–Crippen MR) is 65.8 cm³/mol. The number of rotatable bonds is 6. The standard InChI is InChI=1S/C11H19NO5S/c1-2-18(16,17)6-5-12-10(13)8-3-4-9(7-8)11(14)15/h8-9H,2-7H2,1H3,(H,12,13)(H,14,15). The molecule has 1 saturated carbocycles. The highest BCUT2D eigenvalue weighted by atomic mass is 32.2. The van der Waals surface area contributed by atoms with Crippen LogP contribution in [0.25, 0.3) is 0 Å². The SMILES string of the molecule is CCS(=O)(=O)CCNC(=O)C1CCC(C(=O)O)C1. The van der Waals surface area contributed by atoms with Gasteiger partial charge in [0.1, 0.15) is 0 Å². The molecule has 0 heterocycles. The first-order valence-corrected chi connectivity index (χ1v) is 7.88. The predicted octanol–water partition coefficient (Wildman–Crippen LogP) is 0.0382. The van der Waals surface area contributed by atoms with Crippen molar-refractivity contribution in [2.45, 2.75) is 26.2 Å². The van der Waals surface area contributed by atoms with Crippen molar-refractivity contribution in [3.8, 4) is 0 Å². The molecule has 1 rings (SSSR count). The third-order valence-electron chi connectivity index (χ3n) is 3.30. The van der Waals surface area contributed by atoms with Gasteiger partial charge in [0.2, 0.25) is 5.91 Å². The van der Waals surface area contributed by atoms with Crippen molar-refractivity contribution >= 4 is 21.7 Å². The van der Waals surface area contributed by atoms with Gasteiger partial charge in [-0.2, -0.15) is 0 Å². The van der Waals surface area contributed by atoms with Gasteiger partial charge < -0.3 is 10.4 Å². The quantitative estimate of drug-likeness (QED) is 0.714. The molecule has 0 aromatic carbocycles. The third kappa shape index (κ3) is 4.29. The van der Waals surface area contributed by atoms with Gasteiger partial charge >= 0.3 is 5.97 Å². The summed E-state index contributed by atoms with van der Waals surface area (Å²) in [7, 11) is -3.07. The van der Waals surface area contributed by atoms with E-state index in [0.29, 0.717) is 19.3 Å². The molecule has 1 aliphatic carbocycles. The lowest BCUT2D eigenvalue weighted by atomic mass is 10.0. The number of aliphatic carboxylic acids is 1. The van der Waals surface area contributed by atoms with E-state index in [0.717, 1.165) is 0 Å². The van der Waals surface area contributed by atoms with Crippen molar-refractivity contribution in [1.82, 2.24) is 5.32 Å². The van der Waals surface area contributed by atoms with E-state index >= 15 is 0 Å². The molecule has 0 bridgehead atoms. The Balaban J connectivity index is 2.33. The van der Waals surface area contributed by atoms with Crippen molar-refractivity contribution in [2.75, 3.05) is 18.1 Å². The van der Waals surface area contributed by atoms with E-state index in [1.807, 2.05) is 0 Å². The monoisotopic (exact) mass is 277 g/mol. The Morgan fingerprint density at radius 1 is 1.28 bits per heavy atom. The molecule has 0 aliphatic heterocycles. The highest BCUT2D eigenvalue weighted by Crippen LogP contribution is 2.30. The second-order valence-corrected chi connectivity index (χ2v) is 7.05. The number of hydrogen-bond acceptors (Lipinski definition) is 4. The zero-order chi connectivity index (χ0) is 13.8. The van der Waals surface area contributed by atoms with E-state index in [1.54, 1.807) is 6.92 Å². The fourth-order valence-corrected chi connectivity index (χ4v) is 2.76. The largest absolute Gasteiger partial charge is 0.481 e. The second kappa shape index (κ2) is 6.17. The van der Waals surface area contributed by atoms with E-state index in [1.165, 1.54) is 0 Å². The van der Waals surface area contributed by atoms with Crippen LogP contribution in [0, 0.1) is 11.8 Å². The molecule has 0 aromatic heterocycles. The first kappa shape index (κ1) is 14.9. The van der Waals surface area contributed by atoms with E-state index in [4.69, 9.17) is 5.11 Å². The van der Waals surface area contributed by atoms with Crippen LogP contribution < -0.4 is 5.32 Å². The van der Waals surface area contributed by atoms with Gasteiger partial charge in [0, 0.05) is 18.2 Å². The van der Waals surface area contributed by atoms with E-state index in [9.17, 15) is 18.0 Å². The van der Waals surface area contributed by atoms with Crippen molar-refractivity contribution in [3.05, 3.63) is 0 Å². The minimum atomic E-state index is -3.07. The topological polar surface area (TPSA) is 101 Å². The van der Waals surface area contributed by atoms with Gasteiger partial charge in [-0.25, -0.2) is 8.42 Å². The van der Waals surface area contributed by atoms with Crippen LogP contribution >= 0.6 is 0 Å². The molecule has 1 fully saturated rings. The molecule has 6 nitrogen and oxygen atoms in total. The summed E-state index contributed by atoms with van der Waals surface area (Å²) < 4.78 is 22.4. The first-order chi connectivity index (χ1) is 8.35. The molecule has 0 radical (unpaired) electrons. The molecular formula is C11H19NO5S.